The summed E-state index contributed by atoms with van der Waals surface area (Å²) in [5, 5.41) is 6.72. The molecule has 2 aliphatic rings. The van der Waals surface area contributed by atoms with Crippen molar-refractivity contribution < 1.29 is 9.47 Å². The highest BCUT2D eigenvalue weighted by Gasteiger charge is 2.23. The molecule has 2 fully saturated rings. The third kappa shape index (κ3) is 7.11. The third-order valence-electron chi connectivity index (χ3n) is 4.36. The standard InChI is InChI=1S/C16H32N4O2.HI/c1-4-17-16(19-11-15-6-5-8-22-15)18-10-13(2)20-7-9-21-12-14(20)3;/h13-15H,4-12H2,1-3H3,(H2,17,18,19);1H. The third-order valence-corrected chi connectivity index (χ3v) is 4.36. The van der Waals surface area contributed by atoms with E-state index in [-0.39, 0.29) is 24.0 Å². The molecule has 0 radical (unpaired) electrons. The largest absolute Gasteiger partial charge is 0.379 e. The first-order valence-electron chi connectivity index (χ1n) is 8.68. The molecule has 0 aromatic carbocycles. The fourth-order valence-corrected chi connectivity index (χ4v) is 3.08. The van der Waals surface area contributed by atoms with Crippen molar-refractivity contribution in [2.45, 2.75) is 51.8 Å². The second-order valence-electron chi connectivity index (χ2n) is 6.25. The van der Waals surface area contributed by atoms with Crippen molar-refractivity contribution in [1.82, 2.24) is 15.5 Å². The van der Waals surface area contributed by atoms with Crippen LogP contribution in [0.15, 0.2) is 4.99 Å². The monoisotopic (exact) mass is 440 g/mol. The Morgan fingerprint density at radius 2 is 2.17 bits per heavy atom. The van der Waals surface area contributed by atoms with Gasteiger partial charge in [0.05, 0.1) is 25.9 Å². The topological polar surface area (TPSA) is 58.1 Å². The minimum atomic E-state index is 0. The molecule has 136 valence electrons. The molecule has 2 rings (SSSR count). The van der Waals surface area contributed by atoms with Gasteiger partial charge in [-0.15, -0.1) is 24.0 Å². The summed E-state index contributed by atoms with van der Waals surface area (Å²) in [4.78, 5) is 7.22. The average Bonchev–Trinajstić information content (AvgIpc) is 3.03. The van der Waals surface area contributed by atoms with Gasteiger partial charge in [0, 0.05) is 38.3 Å². The van der Waals surface area contributed by atoms with E-state index >= 15 is 0 Å². The van der Waals surface area contributed by atoms with Crippen LogP contribution < -0.4 is 10.6 Å². The number of halogens is 1. The number of aliphatic imine (C=N–C) groups is 1. The molecular weight excluding hydrogens is 407 g/mol. The normalized spacial score (nSPS) is 27.3. The van der Waals surface area contributed by atoms with E-state index in [1.54, 1.807) is 0 Å². The van der Waals surface area contributed by atoms with E-state index in [2.05, 4.69) is 36.3 Å². The van der Waals surface area contributed by atoms with Gasteiger partial charge in [0.1, 0.15) is 0 Å². The molecule has 0 aromatic heterocycles. The van der Waals surface area contributed by atoms with Gasteiger partial charge in [-0.1, -0.05) is 0 Å². The van der Waals surface area contributed by atoms with E-state index < -0.39 is 0 Å². The zero-order chi connectivity index (χ0) is 15.8. The molecule has 0 saturated carbocycles. The first kappa shape index (κ1) is 20.9. The van der Waals surface area contributed by atoms with E-state index in [4.69, 9.17) is 14.5 Å². The zero-order valence-electron chi connectivity index (χ0n) is 14.7. The fourth-order valence-electron chi connectivity index (χ4n) is 3.08. The summed E-state index contributed by atoms with van der Waals surface area (Å²) in [5.41, 5.74) is 0. The maximum Gasteiger partial charge on any atom is 0.191 e. The second kappa shape index (κ2) is 11.4. The van der Waals surface area contributed by atoms with E-state index in [1.807, 2.05) is 0 Å². The highest BCUT2D eigenvalue weighted by atomic mass is 127. The molecule has 0 aliphatic carbocycles. The van der Waals surface area contributed by atoms with Gasteiger partial charge in [0.2, 0.25) is 0 Å². The Hall–Kier alpha value is -0.120. The average molecular weight is 440 g/mol. The minimum absolute atomic E-state index is 0. The van der Waals surface area contributed by atoms with Crippen molar-refractivity contribution in [3.8, 4) is 0 Å². The molecule has 0 aromatic rings. The van der Waals surface area contributed by atoms with Crippen molar-refractivity contribution in [3.63, 3.8) is 0 Å². The molecule has 2 heterocycles. The highest BCUT2D eigenvalue weighted by Crippen LogP contribution is 2.11. The molecule has 0 amide bonds. The Morgan fingerprint density at radius 1 is 1.35 bits per heavy atom. The van der Waals surface area contributed by atoms with Gasteiger partial charge in [-0.05, 0) is 33.6 Å². The van der Waals surface area contributed by atoms with Crippen LogP contribution >= 0.6 is 24.0 Å². The maximum absolute atomic E-state index is 5.65. The van der Waals surface area contributed by atoms with Crippen LogP contribution in [0.4, 0.5) is 0 Å². The molecule has 3 atom stereocenters. The van der Waals surface area contributed by atoms with Crippen molar-refractivity contribution in [3.05, 3.63) is 0 Å². The van der Waals surface area contributed by atoms with E-state index in [0.29, 0.717) is 18.2 Å². The predicted molar refractivity (Wildman–Crippen MR) is 105 cm³/mol. The molecule has 0 spiro atoms. The van der Waals surface area contributed by atoms with Crippen LogP contribution in [-0.2, 0) is 9.47 Å². The molecule has 3 unspecified atom stereocenters. The summed E-state index contributed by atoms with van der Waals surface area (Å²) in [7, 11) is 0. The first-order chi connectivity index (χ1) is 10.7. The highest BCUT2D eigenvalue weighted by molar-refractivity contribution is 14.0. The van der Waals surface area contributed by atoms with Crippen LogP contribution in [0, 0.1) is 0 Å². The van der Waals surface area contributed by atoms with Gasteiger partial charge in [-0.25, -0.2) is 0 Å². The first-order valence-corrected chi connectivity index (χ1v) is 8.68. The number of hydrogen-bond donors (Lipinski definition) is 2. The lowest BCUT2D eigenvalue weighted by Gasteiger charge is -2.37. The van der Waals surface area contributed by atoms with Crippen molar-refractivity contribution in [2.75, 3.05) is 46.0 Å². The van der Waals surface area contributed by atoms with Gasteiger partial charge in [-0.3, -0.25) is 9.89 Å². The van der Waals surface area contributed by atoms with Gasteiger partial charge in [-0.2, -0.15) is 0 Å². The lowest BCUT2D eigenvalue weighted by atomic mass is 10.2. The number of hydrogen-bond acceptors (Lipinski definition) is 4. The van der Waals surface area contributed by atoms with Gasteiger partial charge < -0.3 is 20.1 Å². The Labute approximate surface area is 157 Å². The lowest BCUT2D eigenvalue weighted by molar-refractivity contribution is -0.0165. The van der Waals surface area contributed by atoms with Crippen LogP contribution in [0.2, 0.25) is 0 Å². The van der Waals surface area contributed by atoms with Crippen molar-refractivity contribution in [2.24, 2.45) is 4.99 Å². The van der Waals surface area contributed by atoms with Crippen molar-refractivity contribution >= 4 is 29.9 Å². The molecule has 2 aliphatic heterocycles. The number of morpholine rings is 1. The smallest absolute Gasteiger partial charge is 0.191 e. The Kier molecular flexibility index (Phi) is 10.4. The number of nitrogens with one attached hydrogen (secondary N) is 2. The van der Waals surface area contributed by atoms with E-state index in [0.717, 1.165) is 58.4 Å². The molecule has 2 N–H and O–H groups in total. The van der Waals surface area contributed by atoms with E-state index in [1.165, 1.54) is 6.42 Å². The Bertz CT molecular complexity index is 351. The second-order valence-corrected chi connectivity index (χ2v) is 6.25. The summed E-state index contributed by atoms with van der Waals surface area (Å²) in [5.74, 6) is 0.894. The number of ether oxygens (including phenoxy) is 2. The van der Waals surface area contributed by atoms with Gasteiger partial charge >= 0.3 is 0 Å². The minimum Gasteiger partial charge on any atom is -0.379 e. The lowest BCUT2D eigenvalue weighted by Crippen LogP contribution is -2.49. The Balaban J connectivity index is 0.00000264. The van der Waals surface area contributed by atoms with Gasteiger partial charge in [0.15, 0.2) is 5.96 Å². The molecule has 0 bridgehead atoms. The molecule has 7 heteroatoms. The zero-order valence-corrected chi connectivity index (χ0v) is 17.0. The quantitative estimate of drug-likeness (QED) is 0.372. The van der Waals surface area contributed by atoms with Crippen LogP contribution in [0.5, 0.6) is 0 Å². The molecule has 23 heavy (non-hydrogen) atoms. The summed E-state index contributed by atoms with van der Waals surface area (Å²) >= 11 is 0. The number of guanidine groups is 1. The molecular formula is C16H33IN4O2. The van der Waals surface area contributed by atoms with Crippen molar-refractivity contribution in [1.29, 1.82) is 0 Å². The van der Waals surface area contributed by atoms with Crippen LogP contribution in [0.25, 0.3) is 0 Å². The summed E-state index contributed by atoms with van der Waals surface area (Å²) in [6.07, 6.45) is 2.65. The number of nitrogens with zero attached hydrogens (tertiary/aromatic N) is 2. The Morgan fingerprint density at radius 3 is 2.83 bits per heavy atom. The van der Waals surface area contributed by atoms with Crippen LogP contribution in [-0.4, -0.2) is 75.0 Å². The van der Waals surface area contributed by atoms with Gasteiger partial charge in [0.25, 0.3) is 0 Å². The SMILES string of the molecule is CCNC(=NCC(C)N1CCOCC1C)NCC1CCCO1.I. The summed E-state index contributed by atoms with van der Waals surface area (Å²) in [6.45, 7) is 12.6. The fraction of sp³-hybridized carbons (Fsp3) is 0.938. The predicted octanol–water partition coefficient (Wildman–Crippen LogP) is 1.45. The maximum atomic E-state index is 5.65. The van der Waals surface area contributed by atoms with E-state index in [9.17, 15) is 0 Å². The number of rotatable bonds is 6. The van der Waals surface area contributed by atoms with Crippen LogP contribution in [0.1, 0.15) is 33.6 Å². The molecule has 2 saturated heterocycles. The summed E-state index contributed by atoms with van der Waals surface area (Å²) in [6, 6.07) is 0.901. The van der Waals surface area contributed by atoms with Crippen LogP contribution in [0.3, 0.4) is 0 Å². The molecule has 6 nitrogen and oxygen atoms in total. The summed E-state index contributed by atoms with van der Waals surface area (Å²) < 4.78 is 11.2.